The SMILES string of the molecule is COc1ccc(S(=O)(=O)N2CC(Nc3nccs3)C2)cc1. The second-order valence-corrected chi connectivity index (χ2v) is 7.51. The van der Waals surface area contributed by atoms with Gasteiger partial charge in [0.1, 0.15) is 5.75 Å². The van der Waals surface area contributed by atoms with E-state index < -0.39 is 10.0 Å². The molecule has 0 spiro atoms. The van der Waals surface area contributed by atoms with Crippen LogP contribution in [0.5, 0.6) is 5.75 Å². The summed E-state index contributed by atoms with van der Waals surface area (Å²) in [6.45, 7) is 0.905. The quantitative estimate of drug-likeness (QED) is 0.905. The minimum Gasteiger partial charge on any atom is -0.497 e. The fourth-order valence-electron chi connectivity index (χ4n) is 2.09. The molecule has 1 aliphatic rings. The maximum absolute atomic E-state index is 12.4. The molecule has 112 valence electrons. The van der Waals surface area contributed by atoms with Crippen LogP contribution in [0.15, 0.2) is 40.7 Å². The minimum atomic E-state index is -3.42. The zero-order chi connectivity index (χ0) is 14.9. The molecular weight excluding hydrogens is 310 g/mol. The third kappa shape index (κ3) is 2.87. The topological polar surface area (TPSA) is 71.5 Å². The molecule has 1 fully saturated rings. The van der Waals surface area contributed by atoms with E-state index in [1.807, 2.05) is 5.38 Å². The van der Waals surface area contributed by atoms with E-state index in [-0.39, 0.29) is 10.9 Å². The van der Waals surface area contributed by atoms with E-state index in [0.717, 1.165) is 5.13 Å². The molecule has 0 amide bonds. The first-order chi connectivity index (χ1) is 10.1. The van der Waals surface area contributed by atoms with Gasteiger partial charge in [0.05, 0.1) is 18.0 Å². The predicted molar refractivity (Wildman–Crippen MR) is 81.3 cm³/mol. The van der Waals surface area contributed by atoms with E-state index in [9.17, 15) is 8.42 Å². The zero-order valence-electron chi connectivity index (χ0n) is 11.4. The van der Waals surface area contributed by atoms with Crippen molar-refractivity contribution in [3.05, 3.63) is 35.8 Å². The van der Waals surface area contributed by atoms with Gasteiger partial charge in [-0.2, -0.15) is 4.31 Å². The normalized spacial score (nSPS) is 16.4. The Morgan fingerprint density at radius 2 is 2.05 bits per heavy atom. The van der Waals surface area contributed by atoms with Gasteiger partial charge in [-0.25, -0.2) is 13.4 Å². The van der Waals surface area contributed by atoms with E-state index in [2.05, 4.69) is 10.3 Å². The van der Waals surface area contributed by atoms with Crippen molar-refractivity contribution in [3.63, 3.8) is 0 Å². The molecular formula is C13H15N3O3S2. The summed E-state index contributed by atoms with van der Waals surface area (Å²) in [7, 11) is -1.87. The lowest BCUT2D eigenvalue weighted by Gasteiger charge is -2.38. The highest BCUT2D eigenvalue weighted by Gasteiger charge is 2.36. The Hall–Kier alpha value is -1.64. The van der Waals surface area contributed by atoms with Gasteiger partial charge >= 0.3 is 0 Å². The second-order valence-electron chi connectivity index (χ2n) is 4.68. The number of hydrogen-bond acceptors (Lipinski definition) is 6. The van der Waals surface area contributed by atoms with E-state index in [0.29, 0.717) is 18.8 Å². The molecule has 0 aliphatic carbocycles. The van der Waals surface area contributed by atoms with E-state index in [4.69, 9.17) is 4.74 Å². The highest BCUT2D eigenvalue weighted by molar-refractivity contribution is 7.89. The molecule has 0 radical (unpaired) electrons. The highest BCUT2D eigenvalue weighted by atomic mass is 32.2. The zero-order valence-corrected chi connectivity index (χ0v) is 13.0. The monoisotopic (exact) mass is 325 g/mol. The summed E-state index contributed by atoms with van der Waals surface area (Å²) in [4.78, 5) is 4.42. The van der Waals surface area contributed by atoms with Crippen molar-refractivity contribution in [1.82, 2.24) is 9.29 Å². The summed E-state index contributed by atoms with van der Waals surface area (Å²) < 4.78 is 31.3. The Kier molecular flexibility index (Phi) is 3.83. The number of methoxy groups -OCH3 is 1. The molecule has 0 unspecified atom stereocenters. The molecule has 2 aromatic rings. The van der Waals surface area contributed by atoms with Crippen LogP contribution in [0, 0.1) is 0 Å². The number of benzene rings is 1. The van der Waals surface area contributed by atoms with E-state index in [1.54, 1.807) is 37.6 Å². The molecule has 21 heavy (non-hydrogen) atoms. The smallest absolute Gasteiger partial charge is 0.243 e. The molecule has 6 nitrogen and oxygen atoms in total. The van der Waals surface area contributed by atoms with Gasteiger partial charge in [-0.1, -0.05) is 0 Å². The van der Waals surface area contributed by atoms with Crippen molar-refractivity contribution in [3.8, 4) is 5.75 Å². The highest BCUT2D eigenvalue weighted by Crippen LogP contribution is 2.25. The summed E-state index contributed by atoms with van der Waals surface area (Å²) in [5.74, 6) is 0.640. The molecule has 1 aromatic heterocycles. The van der Waals surface area contributed by atoms with Gasteiger partial charge in [0.25, 0.3) is 0 Å². The molecule has 0 saturated carbocycles. The Morgan fingerprint density at radius 1 is 1.33 bits per heavy atom. The van der Waals surface area contributed by atoms with Crippen molar-refractivity contribution in [2.75, 3.05) is 25.5 Å². The van der Waals surface area contributed by atoms with Gasteiger partial charge in [-0.05, 0) is 24.3 Å². The van der Waals surface area contributed by atoms with Crippen LogP contribution in [-0.2, 0) is 10.0 Å². The molecule has 1 aliphatic heterocycles. The molecule has 1 N–H and O–H groups in total. The van der Waals surface area contributed by atoms with Crippen LogP contribution >= 0.6 is 11.3 Å². The lowest BCUT2D eigenvalue weighted by molar-refractivity contribution is 0.281. The lowest BCUT2D eigenvalue weighted by atomic mass is 10.2. The second kappa shape index (κ2) is 5.63. The molecule has 8 heteroatoms. The van der Waals surface area contributed by atoms with Crippen LogP contribution in [-0.4, -0.2) is 43.9 Å². The Labute approximate surface area is 127 Å². The number of hydrogen-bond donors (Lipinski definition) is 1. The van der Waals surface area contributed by atoms with Gasteiger partial charge in [0.15, 0.2) is 5.13 Å². The number of thiazole rings is 1. The summed E-state index contributed by atoms with van der Waals surface area (Å²) in [6.07, 6.45) is 1.72. The third-order valence-corrected chi connectivity index (χ3v) is 5.86. The van der Waals surface area contributed by atoms with Gasteiger partial charge in [0.2, 0.25) is 10.0 Å². The number of nitrogens with one attached hydrogen (secondary N) is 1. The Morgan fingerprint density at radius 3 is 2.62 bits per heavy atom. The maximum atomic E-state index is 12.4. The van der Waals surface area contributed by atoms with Crippen LogP contribution in [0.4, 0.5) is 5.13 Å². The average Bonchev–Trinajstić information content (AvgIpc) is 2.95. The first-order valence-corrected chi connectivity index (χ1v) is 8.72. The number of rotatable bonds is 5. The average molecular weight is 325 g/mol. The largest absolute Gasteiger partial charge is 0.497 e. The molecule has 1 saturated heterocycles. The molecule has 2 heterocycles. The van der Waals surface area contributed by atoms with Gasteiger partial charge in [-0.3, -0.25) is 0 Å². The van der Waals surface area contributed by atoms with Crippen molar-refractivity contribution in [2.24, 2.45) is 0 Å². The van der Waals surface area contributed by atoms with Crippen LogP contribution in [0.2, 0.25) is 0 Å². The van der Waals surface area contributed by atoms with Crippen molar-refractivity contribution in [1.29, 1.82) is 0 Å². The van der Waals surface area contributed by atoms with Gasteiger partial charge in [0, 0.05) is 24.7 Å². The maximum Gasteiger partial charge on any atom is 0.243 e. The predicted octanol–water partition coefficient (Wildman–Crippen LogP) is 1.64. The lowest BCUT2D eigenvalue weighted by Crippen LogP contribution is -2.56. The van der Waals surface area contributed by atoms with Gasteiger partial charge < -0.3 is 10.1 Å². The summed E-state index contributed by atoms with van der Waals surface area (Å²) in [5, 5.41) is 5.91. The Bertz CT molecular complexity index is 693. The fraction of sp³-hybridized carbons (Fsp3) is 0.308. The molecule has 3 rings (SSSR count). The molecule has 0 bridgehead atoms. The number of ether oxygens (including phenoxy) is 1. The van der Waals surface area contributed by atoms with E-state index in [1.165, 1.54) is 15.6 Å². The number of nitrogens with zero attached hydrogens (tertiary/aromatic N) is 2. The molecule has 1 aromatic carbocycles. The van der Waals surface area contributed by atoms with Crippen LogP contribution < -0.4 is 10.1 Å². The van der Waals surface area contributed by atoms with Crippen LogP contribution in [0.25, 0.3) is 0 Å². The summed E-state index contributed by atoms with van der Waals surface area (Å²) in [5.41, 5.74) is 0. The fourth-order valence-corrected chi connectivity index (χ4v) is 4.23. The van der Waals surface area contributed by atoms with Crippen molar-refractivity contribution < 1.29 is 13.2 Å². The number of aromatic nitrogens is 1. The van der Waals surface area contributed by atoms with Crippen LogP contribution in [0.1, 0.15) is 0 Å². The minimum absolute atomic E-state index is 0.115. The Balaban J connectivity index is 1.64. The standard InChI is InChI=1S/C13H15N3O3S2/c1-19-11-2-4-12(5-3-11)21(17,18)16-8-10(9-16)15-13-14-6-7-20-13/h2-7,10H,8-9H2,1H3,(H,14,15). The first-order valence-electron chi connectivity index (χ1n) is 6.40. The summed E-state index contributed by atoms with van der Waals surface area (Å²) >= 11 is 1.51. The van der Waals surface area contributed by atoms with Gasteiger partial charge in [-0.15, -0.1) is 11.3 Å². The van der Waals surface area contributed by atoms with Crippen LogP contribution in [0.3, 0.4) is 0 Å². The molecule has 0 atom stereocenters. The number of anilines is 1. The summed E-state index contributed by atoms with van der Waals surface area (Å²) in [6, 6.07) is 6.55. The third-order valence-electron chi connectivity index (χ3n) is 3.31. The van der Waals surface area contributed by atoms with Crippen molar-refractivity contribution >= 4 is 26.5 Å². The van der Waals surface area contributed by atoms with E-state index >= 15 is 0 Å². The number of sulfonamides is 1. The van der Waals surface area contributed by atoms with Crippen molar-refractivity contribution in [2.45, 2.75) is 10.9 Å². The first kappa shape index (κ1) is 14.3.